The van der Waals surface area contributed by atoms with Gasteiger partial charge in [0, 0.05) is 25.4 Å². The van der Waals surface area contributed by atoms with Crippen molar-refractivity contribution in [1.29, 1.82) is 0 Å². The number of para-hydroxylation sites is 1. The number of nitrogens with two attached hydrogens (primary N) is 1. The number of nitrogens with one attached hydrogen (secondary N) is 1. The summed E-state index contributed by atoms with van der Waals surface area (Å²) >= 11 is 3.74. The molecule has 0 amide bonds. The molecule has 160 valence electrons. The minimum absolute atomic E-state index is 0.00676. The molecule has 2 aliphatic heterocycles. The Labute approximate surface area is 191 Å². The monoisotopic (exact) mass is 479 g/mol. The minimum Gasteiger partial charge on any atom is -0.457 e. The Bertz CT molecular complexity index is 1050. The molecule has 1 saturated heterocycles. The second kappa shape index (κ2) is 8.49. The second-order valence-electron chi connectivity index (χ2n) is 8.06. The highest BCUT2D eigenvalue weighted by Crippen LogP contribution is 2.49. The third kappa shape index (κ3) is 3.78. The Balaban J connectivity index is 1.50. The maximum absolute atomic E-state index is 6.43. The Morgan fingerprint density at radius 2 is 1.84 bits per heavy atom. The summed E-state index contributed by atoms with van der Waals surface area (Å²) in [6.07, 6.45) is 4.12. The predicted molar refractivity (Wildman–Crippen MR) is 127 cm³/mol. The fraction of sp³-hybridized carbons (Fsp3) is 0.292. The van der Waals surface area contributed by atoms with Gasteiger partial charge in [0.2, 0.25) is 0 Å². The molecule has 0 bridgehead atoms. The first-order valence-corrected chi connectivity index (χ1v) is 11.4. The van der Waals surface area contributed by atoms with Gasteiger partial charge in [-0.25, -0.2) is 9.99 Å². The van der Waals surface area contributed by atoms with Gasteiger partial charge < -0.3 is 15.8 Å². The fourth-order valence-corrected chi connectivity index (χ4v) is 5.18. The van der Waals surface area contributed by atoms with Gasteiger partial charge in [-0.15, -0.1) is 0 Å². The predicted octanol–water partition coefficient (Wildman–Crippen LogP) is 4.73. The zero-order valence-electron chi connectivity index (χ0n) is 17.5. The van der Waals surface area contributed by atoms with Crippen molar-refractivity contribution in [3.05, 3.63) is 76.4 Å². The molecule has 0 spiro atoms. The molecule has 0 radical (unpaired) electrons. The number of piperidine rings is 1. The van der Waals surface area contributed by atoms with Crippen molar-refractivity contribution >= 4 is 27.4 Å². The van der Waals surface area contributed by atoms with Crippen LogP contribution in [0.1, 0.15) is 30.0 Å². The van der Waals surface area contributed by atoms with E-state index >= 15 is 0 Å². The summed E-state index contributed by atoms with van der Waals surface area (Å²) in [5.74, 6) is 2.21. The van der Waals surface area contributed by atoms with Crippen LogP contribution in [0.5, 0.6) is 11.5 Å². The molecule has 2 aromatic carbocycles. The molecule has 3 heterocycles. The number of rotatable bonds is 4. The molecular weight excluding hydrogens is 454 g/mol. The molecule has 2 atom stereocenters. The van der Waals surface area contributed by atoms with E-state index in [4.69, 9.17) is 10.5 Å². The molecule has 6 nitrogen and oxygen atoms in total. The van der Waals surface area contributed by atoms with E-state index in [1.165, 1.54) is 6.42 Å². The van der Waals surface area contributed by atoms with E-state index in [1.807, 2.05) is 48.7 Å². The van der Waals surface area contributed by atoms with Crippen LogP contribution < -0.4 is 20.8 Å². The quantitative estimate of drug-likeness (QED) is 0.563. The van der Waals surface area contributed by atoms with Gasteiger partial charge in [0.05, 0.1) is 22.2 Å². The molecule has 3 N–H and O–H groups in total. The van der Waals surface area contributed by atoms with Gasteiger partial charge in [-0.05, 0) is 65.1 Å². The van der Waals surface area contributed by atoms with Crippen LogP contribution in [0, 0.1) is 0 Å². The molecule has 7 heteroatoms. The molecule has 31 heavy (non-hydrogen) atoms. The number of benzene rings is 2. The Hall–Kier alpha value is -2.61. The number of nitrogen functional groups attached to an aromatic ring is 1. The summed E-state index contributed by atoms with van der Waals surface area (Å²) in [4.78, 5) is 4.45. The van der Waals surface area contributed by atoms with E-state index in [0.29, 0.717) is 11.9 Å². The number of hydrazine groups is 1. The van der Waals surface area contributed by atoms with E-state index in [0.717, 1.165) is 52.3 Å². The first-order valence-electron chi connectivity index (χ1n) is 10.6. The van der Waals surface area contributed by atoms with Crippen molar-refractivity contribution in [3.8, 4) is 11.5 Å². The third-order valence-corrected chi connectivity index (χ3v) is 6.66. The molecule has 0 aliphatic carbocycles. The van der Waals surface area contributed by atoms with Crippen LogP contribution in [0.2, 0.25) is 0 Å². The Morgan fingerprint density at radius 1 is 1.10 bits per heavy atom. The molecular formula is C24H26BrN5O. The topological polar surface area (TPSA) is 66.7 Å². The zero-order chi connectivity index (χ0) is 21.4. The normalized spacial score (nSPS) is 21.2. The van der Waals surface area contributed by atoms with E-state index in [9.17, 15) is 0 Å². The summed E-state index contributed by atoms with van der Waals surface area (Å²) in [7, 11) is 2.14. The van der Waals surface area contributed by atoms with Crippen molar-refractivity contribution in [2.24, 2.45) is 0 Å². The van der Waals surface area contributed by atoms with Crippen LogP contribution >= 0.6 is 15.9 Å². The average molecular weight is 480 g/mol. The van der Waals surface area contributed by atoms with E-state index in [-0.39, 0.29) is 6.04 Å². The second-order valence-corrected chi connectivity index (χ2v) is 8.91. The summed E-state index contributed by atoms with van der Waals surface area (Å²) in [6, 6.07) is 18.5. The number of hydrogen-bond acceptors (Lipinski definition) is 6. The van der Waals surface area contributed by atoms with Crippen molar-refractivity contribution in [2.45, 2.75) is 24.9 Å². The van der Waals surface area contributed by atoms with Crippen molar-refractivity contribution in [1.82, 2.24) is 15.3 Å². The maximum atomic E-state index is 6.43. The summed E-state index contributed by atoms with van der Waals surface area (Å²) in [6.45, 7) is 2.03. The molecule has 1 aromatic heterocycles. The van der Waals surface area contributed by atoms with Crippen LogP contribution in [-0.4, -0.2) is 36.2 Å². The Morgan fingerprint density at radius 3 is 2.55 bits per heavy atom. The van der Waals surface area contributed by atoms with Crippen molar-refractivity contribution < 1.29 is 4.74 Å². The molecule has 2 unspecified atom stereocenters. The first kappa shape index (κ1) is 20.3. The van der Waals surface area contributed by atoms with Gasteiger partial charge >= 0.3 is 0 Å². The lowest BCUT2D eigenvalue weighted by Gasteiger charge is -2.39. The zero-order valence-corrected chi connectivity index (χ0v) is 19.0. The minimum atomic E-state index is -0.00676. The van der Waals surface area contributed by atoms with Crippen LogP contribution in [-0.2, 0) is 0 Å². The van der Waals surface area contributed by atoms with Gasteiger partial charge in [0.25, 0.3) is 0 Å². The number of fused-ring (bicyclic) bond motifs is 1. The number of ether oxygens (including phenoxy) is 1. The standard InChI is InChI=1S/C24H26BrN5O/c1-29-22(16-9-11-19(12-10-16)31-18-7-3-2-4-8-18)21-23(20(25)15-28-24(21)26)30(29)17-6-5-13-27-14-17/h2-4,7-12,15,17,22,27H,5-6,13-14H2,1H3,(H2,26,28). The number of hydrogen-bond donors (Lipinski definition) is 2. The Kier molecular flexibility index (Phi) is 5.56. The molecule has 3 aromatic rings. The van der Waals surface area contributed by atoms with Gasteiger partial charge in [0.1, 0.15) is 17.3 Å². The smallest absolute Gasteiger partial charge is 0.130 e. The van der Waals surface area contributed by atoms with Gasteiger partial charge in [-0.2, -0.15) is 0 Å². The number of anilines is 2. The van der Waals surface area contributed by atoms with Gasteiger partial charge in [-0.3, -0.25) is 5.01 Å². The van der Waals surface area contributed by atoms with E-state index in [1.54, 1.807) is 0 Å². The number of aromatic nitrogens is 1. The van der Waals surface area contributed by atoms with Crippen LogP contribution in [0.15, 0.2) is 65.3 Å². The van der Waals surface area contributed by atoms with Gasteiger partial charge in [-0.1, -0.05) is 30.3 Å². The molecule has 2 aliphatic rings. The molecule has 0 saturated carbocycles. The lowest BCUT2D eigenvalue weighted by Crippen LogP contribution is -2.51. The average Bonchev–Trinajstić information content (AvgIpc) is 3.12. The number of pyridine rings is 1. The summed E-state index contributed by atoms with van der Waals surface area (Å²) in [5.41, 5.74) is 9.76. The van der Waals surface area contributed by atoms with Crippen LogP contribution in [0.4, 0.5) is 11.5 Å². The van der Waals surface area contributed by atoms with Gasteiger partial charge in [0.15, 0.2) is 0 Å². The maximum Gasteiger partial charge on any atom is 0.130 e. The highest BCUT2D eigenvalue weighted by Gasteiger charge is 2.42. The SMILES string of the molecule is CN1C(c2ccc(Oc3ccccc3)cc2)c2c(N)ncc(Br)c2N1C1CCCNC1. The number of halogens is 1. The third-order valence-electron chi connectivity index (χ3n) is 6.08. The van der Waals surface area contributed by atoms with E-state index in [2.05, 4.69) is 55.4 Å². The first-order chi connectivity index (χ1) is 15.1. The number of nitrogens with zero attached hydrogens (tertiary/aromatic N) is 3. The lowest BCUT2D eigenvalue weighted by atomic mass is 9.99. The molecule has 1 fully saturated rings. The van der Waals surface area contributed by atoms with Crippen LogP contribution in [0.3, 0.4) is 0 Å². The fourth-order valence-electron chi connectivity index (χ4n) is 4.69. The van der Waals surface area contributed by atoms with Crippen LogP contribution in [0.25, 0.3) is 0 Å². The van der Waals surface area contributed by atoms with E-state index < -0.39 is 0 Å². The highest BCUT2D eigenvalue weighted by molar-refractivity contribution is 9.10. The van der Waals surface area contributed by atoms with Crippen molar-refractivity contribution in [3.63, 3.8) is 0 Å². The highest BCUT2D eigenvalue weighted by atomic mass is 79.9. The largest absolute Gasteiger partial charge is 0.457 e. The summed E-state index contributed by atoms with van der Waals surface area (Å²) < 4.78 is 6.95. The molecule has 5 rings (SSSR count). The lowest BCUT2D eigenvalue weighted by molar-refractivity contribution is 0.232. The summed E-state index contributed by atoms with van der Waals surface area (Å²) in [5, 5.41) is 8.23. The van der Waals surface area contributed by atoms with Crippen molar-refractivity contribution in [2.75, 3.05) is 30.9 Å².